The molecule has 1 aliphatic rings. The SMILES string of the molecule is C[C@@](c1nc(CN)no1)(C1CC1)n1cccc1. The molecule has 2 aromatic rings. The van der Waals surface area contributed by atoms with Gasteiger partial charge in [0.25, 0.3) is 5.89 Å². The Bertz CT molecular complexity index is 500. The summed E-state index contributed by atoms with van der Waals surface area (Å²) < 4.78 is 7.54. The van der Waals surface area contributed by atoms with Gasteiger partial charge in [-0.2, -0.15) is 4.98 Å². The standard InChI is InChI=1S/C12H16N4O/c1-12(9-4-5-9,16-6-2-3-7-16)11-14-10(8-13)15-17-11/h2-3,6-7,9H,4-5,8,13H2,1H3/t12-/m0/s1. The van der Waals surface area contributed by atoms with Crippen LogP contribution in [-0.2, 0) is 12.1 Å². The first-order valence-electron chi connectivity index (χ1n) is 5.91. The fourth-order valence-electron chi connectivity index (χ4n) is 2.33. The normalized spacial score (nSPS) is 19.2. The molecule has 17 heavy (non-hydrogen) atoms. The van der Waals surface area contributed by atoms with E-state index in [2.05, 4.69) is 21.6 Å². The Hall–Kier alpha value is -1.62. The van der Waals surface area contributed by atoms with E-state index in [-0.39, 0.29) is 5.54 Å². The lowest BCUT2D eigenvalue weighted by Gasteiger charge is -2.27. The van der Waals surface area contributed by atoms with Crippen LogP contribution >= 0.6 is 0 Å². The van der Waals surface area contributed by atoms with Gasteiger partial charge in [-0.3, -0.25) is 0 Å². The number of rotatable bonds is 4. The molecule has 1 atom stereocenters. The van der Waals surface area contributed by atoms with Gasteiger partial charge in [0.05, 0.1) is 6.54 Å². The van der Waals surface area contributed by atoms with Gasteiger partial charge in [-0.25, -0.2) is 0 Å². The Labute approximate surface area is 99.6 Å². The van der Waals surface area contributed by atoms with E-state index in [0.717, 1.165) is 0 Å². The number of aromatic nitrogens is 3. The molecular weight excluding hydrogens is 216 g/mol. The molecule has 0 saturated heterocycles. The molecule has 0 bridgehead atoms. The third kappa shape index (κ3) is 1.58. The molecule has 0 aliphatic heterocycles. The van der Waals surface area contributed by atoms with Crippen molar-refractivity contribution in [2.75, 3.05) is 0 Å². The van der Waals surface area contributed by atoms with Crippen LogP contribution in [0.1, 0.15) is 31.5 Å². The Morgan fingerprint density at radius 1 is 1.47 bits per heavy atom. The molecule has 1 fully saturated rings. The highest BCUT2D eigenvalue weighted by Crippen LogP contribution is 2.47. The fraction of sp³-hybridized carbons (Fsp3) is 0.500. The molecule has 5 heteroatoms. The second-order valence-electron chi connectivity index (χ2n) is 4.73. The van der Waals surface area contributed by atoms with E-state index in [1.807, 2.05) is 24.5 Å². The van der Waals surface area contributed by atoms with Gasteiger partial charge in [-0.15, -0.1) is 0 Å². The van der Waals surface area contributed by atoms with Crippen molar-refractivity contribution in [1.82, 2.24) is 14.7 Å². The summed E-state index contributed by atoms with van der Waals surface area (Å²) in [5.74, 6) is 1.80. The summed E-state index contributed by atoms with van der Waals surface area (Å²) in [5, 5.41) is 3.90. The minimum Gasteiger partial charge on any atom is -0.339 e. The van der Waals surface area contributed by atoms with Crippen LogP contribution < -0.4 is 5.73 Å². The summed E-state index contributed by atoms with van der Waals surface area (Å²) in [4.78, 5) is 4.39. The highest BCUT2D eigenvalue weighted by atomic mass is 16.5. The van der Waals surface area contributed by atoms with Gasteiger partial charge >= 0.3 is 0 Å². The van der Waals surface area contributed by atoms with Crippen molar-refractivity contribution < 1.29 is 4.52 Å². The van der Waals surface area contributed by atoms with E-state index in [1.165, 1.54) is 12.8 Å². The first kappa shape index (κ1) is 10.5. The average molecular weight is 232 g/mol. The molecule has 1 aliphatic carbocycles. The predicted octanol–water partition coefficient (Wildman–Crippen LogP) is 1.50. The summed E-state index contributed by atoms with van der Waals surface area (Å²) in [6, 6.07) is 4.03. The second-order valence-corrected chi connectivity index (χ2v) is 4.73. The van der Waals surface area contributed by atoms with Crippen LogP contribution in [0.25, 0.3) is 0 Å². The zero-order valence-corrected chi connectivity index (χ0v) is 9.84. The van der Waals surface area contributed by atoms with Gasteiger partial charge in [-0.1, -0.05) is 5.16 Å². The number of nitrogens with zero attached hydrogens (tertiary/aromatic N) is 3. The van der Waals surface area contributed by atoms with Crippen LogP contribution in [0.5, 0.6) is 0 Å². The number of hydrogen-bond acceptors (Lipinski definition) is 4. The second kappa shape index (κ2) is 3.70. The third-order valence-corrected chi connectivity index (χ3v) is 3.60. The molecular formula is C12H16N4O. The molecule has 3 rings (SSSR count). The number of nitrogens with two attached hydrogens (primary N) is 1. The van der Waals surface area contributed by atoms with E-state index >= 15 is 0 Å². The molecule has 0 radical (unpaired) electrons. The molecule has 2 N–H and O–H groups in total. The van der Waals surface area contributed by atoms with Crippen LogP contribution in [-0.4, -0.2) is 14.7 Å². The maximum Gasteiger partial charge on any atom is 0.252 e. The van der Waals surface area contributed by atoms with Crippen LogP contribution in [0.2, 0.25) is 0 Å². The largest absolute Gasteiger partial charge is 0.339 e. The maximum atomic E-state index is 5.53. The van der Waals surface area contributed by atoms with Gasteiger partial charge in [-0.05, 0) is 37.8 Å². The van der Waals surface area contributed by atoms with Gasteiger partial charge in [0.15, 0.2) is 5.82 Å². The highest BCUT2D eigenvalue weighted by Gasteiger charge is 2.48. The predicted molar refractivity (Wildman–Crippen MR) is 62.1 cm³/mol. The summed E-state index contributed by atoms with van der Waals surface area (Å²) in [6.07, 6.45) is 6.50. The van der Waals surface area contributed by atoms with Crippen molar-refractivity contribution in [3.8, 4) is 0 Å². The summed E-state index contributed by atoms with van der Waals surface area (Å²) in [6.45, 7) is 2.47. The van der Waals surface area contributed by atoms with Crippen LogP contribution in [0.4, 0.5) is 0 Å². The lowest BCUT2D eigenvalue weighted by atomic mass is 9.95. The smallest absolute Gasteiger partial charge is 0.252 e. The Morgan fingerprint density at radius 3 is 2.71 bits per heavy atom. The van der Waals surface area contributed by atoms with E-state index in [9.17, 15) is 0 Å². The first-order valence-corrected chi connectivity index (χ1v) is 5.91. The van der Waals surface area contributed by atoms with E-state index < -0.39 is 0 Å². The van der Waals surface area contributed by atoms with Crippen molar-refractivity contribution in [3.05, 3.63) is 36.2 Å². The molecule has 1 saturated carbocycles. The number of hydrogen-bond donors (Lipinski definition) is 1. The minimum absolute atomic E-state index is 0.232. The van der Waals surface area contributed by atoms with E-state index in [0.29, 0.717) is 24.2 Å². The molecule has 5 nitrogen and oxygen atoms in total. The van der Waals surface area contributed by atoms with Crippen LogP contribution in [0, 0.1) is 5.92 Å². The lowest BCUT2D eigenvalue weighted by molar-refractivity contribution is 0.231. The molecule has 0 amide bonds. The zero-order chi connectivity index (χ0) is 11.9. The van der Waals surface area contributed by atoms with Crippen molar-refractivity contribution in [2.45, 2.75) is 31.8 Å². The average Bonchev–Trinajstić information content (AvgIpc) is 2.88. The monoisotopic (exact) mass is 232 g/mol. The van der Waals surface area contributed by atoms with Gasteiger partial charge in [0, 0.05) is 12.4 Å². The summed E-state index contributed by atoms with van der Waals surface area (Å²) >= 11 is 0. The van der Waals surface area contributed by atoms with Gasteiger partial charge in [0.2, 0.25) is 0 Å². The molecule has 2 heterocycles. The first-order chi connectivity index (χ1) is 8.25. The quantitative estimate of drug-likeness (QED) is 0.867. The molecule has 0 unspecified atom stereocenters. The highest BCUT2D eigenvalue weighted by molar-refractivity contribution is 5.14. The molecule has 0 spiro atoms. The molecule has 90 valence electrons. The van der Waals surface area contributed by atoms with Crippen molar-refractivity contribution in [1.29, 1.82) is 0 Å². The zero-order valence-electron chi connectivity index (χ0n) is 9.84. The Morgan fingerprint density at radius 2 is 2.18 bits per heavy atom. The Kier molecular flexibility index (Phi) is 2.29. The lowest BCUT2D eigenvalue weighted by Crippen LogP contribution is -2.33. The molecule has 0 aromatic carbocycles. The summed E-state index contributed by atoms with van der Waals surface area (Å²) in [5.41, 5.74) is 5.29. The summed E-state index contributed by atoms with van der Waals surface area (Å²) in [7, 11) is 0. The van der Waals surface area contributed by atoms with Crippen molar-refractivity contribution in [2.24, 2.45) is 11.7 Å². The van der Waals surface area contributed by atoms with Crippen molar-refractivity contribution in [3.63, 3.8) is 0 Å². The van der Waals surface area contributed by atoms with E-state index in [4.69, 9.17) is 10.3 Å². The van der Waals surface area contributed by atoms with Crippen LogP contribution in [0.15, 0.2) is 29.0 Å². The van der Waals surface area contributed by atoms with Gasteiger partial charge < -0.3 is 14.8 Å². The Balaban J connectivity index is 2.05. The maximum absolute atomic E-state index is 5.53. The molecule has 2 aromatic heterocycles. The van der Waals surface area contributed by atoms with Crippen molar-refractivity contribution >= 4 is 0 Å². The van der Waals surface area contributed by atoms with E-state index in [1.54, 1.807) is 0 Å². The fourth-order valence-corrected chi connectivity index (χ4v) is 2.33. The van der Waals surface area contributed by atoms with Crippen LogP contribution in [0.3, 0.4) is 0 Å². The minimum atomic E-state index is -0.232. The topological polar surface area (TPSA) is 69.9 Å². The third-order valence-electron chi connectivity index (χ3n) is 3.60. The van der Waals surface area contributed by atoms with Gasteiger partial charge in [0.1, 0.15) is 5.54 Å².